The number of para-hydroxylation sites is 1. The molecule has 7 heteroatoms. The normalized spacial score (nSPS) is 10.7. The Labute approximate surface area is 145 Å². The van der Waals surface area contributed by atoms with Crippen molar-refractivity contribution in [2.24, 2.45) is 0 Å². The summed E-state index contributed by atoms with van der Waals surface area (Å²) in [6.07, 6.45) is 3.43. The molecule has 0 bridgehead atoms. The van der Waals surface area contributed by atoms with Crippen LogP contribution in [0.4, 0.5) is 0 Å². The molecule has 1 N–H and O–H groups in total. The fourth-order valence-corrected chi connectivity index (χ4v) is 2.70. The van der Waals surface area contributed by atoms with Gasteiger partial charge in [0, 0.05) is 12.2 Å². The van der Waals surface area contributed by atoms with Crippen LogP contribution < -0.4 is 5.32 Å². The van der Waals surface area contributed by atoms with Crippen molar-refractivity contribution in [3.05, 3.63) is 42.2 Å². The molecule has 0 spiro atoms. The number of nitrogens with one attached hydrogen (secondary N) is 1. The largest absolute Gasteiger partial charge is 0.463 e. The molecule has 24 heavy (non-hydrogen) atoms. The number of hydrogen-bond acceptors (Lipinski definition) is 5. The average molecular weight is 347 g/mol. The van der Waals surface area contributed by atoms with E-state index < -0.39 is 0 Å². The number of amides is 1. The predicted octanol–water partition coefficient (Wildman–Crippen LogP) is 2.67. The van der Waals surface area contributed by atoms with E-state index in [2.05, 4.69) is 10.3 Å². The van der Waals surface area contributed by atoms with Gasteiger partial charge in [-0.3, -0.25) is 14.2 Å². The van der Waals surface area contributed by atoms with Crippen LogP contribution in [0.3, 0.4) is 0 Å². The maximum atomic E-state index is 12.4. The molecule has 0 atom stereocenters. The van der Waals surface area contributed by atoms with Crippen LogP contribution >= 0.6 is 11.8 Å². The maximum absolute atomic E-state index is 12.4. The van der Waals surface area contributed by atoms with Gasteiger partial charge in [-0.25, -0.2) is 4.98 Å². The first-order valence-electron chi connectivity index (χ1n) is 7.67. The summed E-state index contributed by atoms with van der Waals surface area (Å²) in [6, 6.07) is 9.56. The number of carbonyl (C=O) groups is 2. The fourth-order valence-electron chi connectivity index (χ4n) is 2.16. The lowest BCUT2D eigenvalue weighted by molar-refractivity contribution is -0.147. The zero-order valence-electron chi connectivity index (χ0n) is 14.0. The summed E-state index contributed by atoms with van der Waals surface area (Å²) in [5.41, 5.74) is 1.30. The van der Waals surface area contributed by atoms with E-state index in [1.54, 1.807) is 24.6 Å². The van der Waals surface area contributed by atoms with Crippen molar-refractivity contribution in [1.82, 2.24) is 14.9 Å². The molecule has 0 saturated heterocycles. The minimum atomic E-state index is -0.327. The van der Waals surface area contributed by atoms with Gasteiger partial charge in [-0.1, -0.05) is 30.0 Å². The number of aromatic nitrogens is 2. The Balaban J connectivity index is 2.08. The van der Waals surface area contributed by atoms with Gasteiger partial charge in [0.05, 0.1) is 18.7 Å². The Morgan fingerprint density at radius 1 is 1.29 bits per heavy atom. The lowest BCUT2D eigenvalue weighted by Crippen LogP contribution is -2.28. The number of imidazole rings is 1. The number of nitrogens with zero attached hydrogens (tertiary/aromatic N) is 2. The third kappa shape index (κ3) is 4.61. The molecule has 2 rings (SSSR count). The molecule has 1 amide bonds. The second-order valence-corrected chi connectivity index (χ2v) is 6.12. The van der Waals surface area contributed by atoms with Crippen LogP contribution in [0.25, 0.3) is 5.69 Å². The Hall–Kier alpha value is -2.28. The summed E-state index contributed by atoms with van der Waals surface area (Å²) < 4.78 is 6.84. The molecular weight excluding hydrogens is 326 g/mol. The number of benzene rings is 1. The van der Waals surface area contributed by atoms with Crippen LogP contribution in [0.15, 0.2) is 41.7 Å². The first-order chi connectivity index (χ1) is 11.5. The van der Waals surface area contributed by atoms with Gasteiger partial charge in [-0.2, -0.15) is 0 Å². The van der Waals surface area contributed by atoms with E-state index in [0.29, 0.717) is 5.69 Å². The summed E-state index contributed by atoms with van der Waals surface area (Å²) >= 11 is 1.46. The molecule has 0 saturated carbocycles. The molecule has 0 unspecified atom stereocenters. The van der Waals surface area contributed by atoms with Crippen LogP contribution in [0.1, 0.15) is 30.8 Å². The van der Waals surface area contributed by atoms with E-state index in [1.165, 1.54) is 11.8 Å². The van der Waals surface area contributed by atoms with E-state index in [9.17, 15) is 9.59 Å². The smallest absolute Gasteiger partial charge is 0.307 e. The number of ether oxygens (including phenoxy) is 1. The highest BCUT2D eigenvalue weighted by molar-refractivity contribution is 7.98. The summed E-state index contributed by atoms with van der Waals surface area (Å²) in [5.74, 6) is -0.601. The van der Waals surface area contributed by atoms with E-state index in [1.807, 2.05) is 36.6 Å². The fraction of sp³-hybridized carbons (Fsp3) is 0.353. The van der Waals surface area contributed by atoms with Gasteiger partial charge in [0.15, 0.2) is 5.16 Å². The second kappa shape index (κ2) is 8.54. The highest BCUT2D eigenvalue weighted by Crippen LogP contribution is 2.21. The number of hydrogen-bond donors (Lipinski definition) is 1. The molecule has 1 heterocycles. The molecule has 1 aromatic carbocycles. The number of rotatable bonds is 7. The Morgan fingerprint density at radius 2 is 2.00 bits per heavy atom. The zero-order valence-corrected chi connectivity index (χ0v) is 14.8. The van der Waals surface area contributed by atoms with Crippen LogP contribution in [0, 0.1) is 0 Å². The van der Waals surface area contributed by atoms with Crippen LogP contribution in [-0.4, -0.2) is 40.3 Å². The van der Waals surface area contributed by atoms with Gasteiger partial charge >= 0.3 is 5.97 Å². The Morgan fingerprint density at radius 3 is 2.62 bits per heavy atom. The topological polar surface area (TPSA) is 73.2 Å². The third-order valence-electron chi connectivity index (χ3n) is 3.14. The number of esters is 1. The summed E-state index contributed by atoms with van der Waals surface area (Å²) in [7, 11) is 0. The van der Waals surface area contributed by atoms with Gasteiger partial charge < -0.3 is 10.1 Å². The van der Waals surface area contributed by atoms with Crippen molar-refractivity contribution >= 4 is 23.6 Å². The van der Waals surface area contributed by atoms with Crippen molar-refractivity contribution in [2.75, 3.05) is 12.8 Å². The molecule has 0 aliphatic carbocycles. The van der Waals surface area contributed by atoms with Crippen LogP contribution in [0.5, 0.6) is 0 Å². The summed E-state index contributed by atoms with van der Waals surface area (Å²) in [5, 5.41) is 3.47. The van der Waals surface area contributed by atoms with Crippen molar-refractivity contribution < 1.29 is 14.3 Å². The molecule has 2 aromatic rings. The molecule has 0 aliphatic heterocycles. The van der Waals surface area contributed by atoms with Crippen LogP contribution in [0.2, 0.25) is 0 Å². The molecule has 6 nitrogen and oxygen atoms in total. The molecule has 0 aliphatic rings. The number of thioether (sulfide) groups is 1. The molecule has 0 fully saturated rings. The maximum Gasteiger partial charge on any atom is 0.307 e. The van der Waals surface area contributed by atoms with Crippen molar-refractivity contribution in [2.45, 2.75) is 31.5 Å². The first kappa shape index (κ1) is 18.1. The zero-order chi connectivity index (χ0) is 17.5. The number of carbonyl (C=O) groups excluding carboxylic acids is 2. The Kier molecular flexibility index (Phi) is 6.43. The van der Waals surface area contributed by atoms with Gasteiger partial charge in [0.2, 0.25) is 0 Å². The lowest BCUT2D eigenvalue weighted by Gasteiger charge is -2.11. The van der Waals surface area contributed by atoms with E-state index in [0.717, 1.165) is 10.8 Å². The van der Waals surface area contributed by atoms with Gasteiger partial charge in [-0.05, 0) is 32.2 Å². The second-order valence-electron chi connectivity index (χ2n) is 5.35. The molecular formula is C17H21N3O3S. The monoisotopic (exact) mass is 347 g/mol. The summed E-state index contributed by atoms with van der Waals surface area (Å²) in [6.45, 7) is 3.80. The van der Waals surface area contributed by atoms with Crippen molar-refractivity contribution in [3.8, 4) is 5.69 Å². The van der Waals surface area contributed by atoms with E-state index in [-0.39, 0.29) is 30.9 Å². The Bertz CT molecular complexity index is 698. The molecule has 128 valence electrons. The third-order valence-corrected chi connectivity index (χ3v) is 3.79. The van der Waals surface area contributed by atoms with E-state index in [4.69, 9.17) is 4.74 Å². The van der Waals surface area contributed by atoms with Gasteiger partial charge in [-0.15, -0.1) is 0 Å². The van der Waals surface area contributed by atoms with Crippen molar-refractivity contribution in [3.63, 3.8) is 0 Å². The first-order valence-corrected chi connectivity index (χ1v) is 8.90. The SMILES string of the molecule is CSc1ncc(C(=O)NCCC(=O)OC(C)C)n1-c1ccccc1. The van der Waals surface area contributed by atoms with Gasteiger partial charge in [0.1, 0.15) is 5.69 Å². The average Bonchev–Trinajstić information content (AvgIpc) is 2.99. The van der Waals surface area contributed by atoms with Crippen LogP contribution in [-0.2, 0) is 9.53 Å². The summed E-state index contributed by atoms with van der Waals surface area (Å²) in [4.78, 5) is 28.2. The molecule has 1 aromatic heterocycles. The lowest BCUT2D eigenvalue weighted by atomic mass is 10.3. The minimum absolute atomic E-state index is 0.138. The van der Waals surface area contributed by atoms with E-state index >= 15 is 0 Å². The van der Waals surface area contributed by atoms with Crippen molar-refractivity contribution in [1.29, 1.82) is 0 Å². The highest BCUT2D eigenvalue weighted by Gasteiger charge is 2.17. The standard InChI is InChI=1S/C17H21N3O3S/c1-12(2)23-15(21)9-10-18-16(22)14-11-19-17(24-3)20(14)13-7-5-4-6-8-13/h4-8,11-12H,9-10H2,1-3H3,(H,18,22). The quantitative estimate of drug-likeness (QED) is 0.616. The predicted molar refractivity (Wildman–Crippen MR) is 93.5 cm³/mol. The minimum Gasteiger partial charge on any atom is -0.463 e. The molecule has 0 radical (unpaired) electrons. The highest BCUT2D eigenvalue weighted by atomic mass is 32.2. The van der Waals surface area contributed by atoms with Gasteiger partial charge in [0.25, 0.3) is 5.91 Å².